The third-order valence-electron chi connectivity index (χ3n) is 2.04. The zero-order valence-electron chi connectivity index (χ0n) is 8.01. The summed E-state index contributed by atoms with van der Waals surface area (Å²) in [4.78, 5) is 10.2. The standard InChI is InChI=1S/C8H17NO3/c1-7(2,3)8(4,12)9-5-6(10)11/h9,12H,5H2,1-4H3,(H,10,11). The average molecular weight is 175 g/mol. The molecule has 0 radical (unpaired) electrons. The first-order valence-corrected chi connectivity index (χ1v) is 3.86. The van der Waals surface area contributed by atoms with E-state index in [9.17, 15) is 9.90 Å². The third-order valence-corrected chi connectivity index (χ3v) is 2.04. The summed E-state index contributed by atoms with van der Waals surface area (Å²) in [7, 11) is 0. The second kappa shape index (κ2) is 3.41. The average Bonchev–Trinajstić information content (AvgIpc) is 1.81. The molecule has 4 heteroatoms. The Bertz CT molecular complexity index is 170. The van der Waals surface area contributed by atoms with Crippen LogP contribution in [-0.4, -0.2) is 28.5 Å². The van der Waals surface area contributed by atoms with Crippen molar-refractivity contribution in [3.63, 3.8) is 0 Å². The van der Waals surface area contributed by atoms with Crippen LogP contribution in [0.1, 0.15) is 27.7 Å². The molecule has 0 heterocycles. The van der Waals surface area contributed by atoms with Crippen molar-refractivity contribution in [1.29, 1.82) is 0 Å². The predicted molar refractivity (Wildman–Crippen MR) is 45.7 cm³/mol. The predicted octanol–water partition coefficient (Wildman–Crippen LogP) is 0.415. The van der Waals surface area contributed by atoms with E-state index < -0.39 is 11.7 Å². The molecule has 0 fully saturated rings. The first-order valence-electron chi connectivity index (χ1n) is 3.86. The summed E-state index contributed by atoms with van der Waals surface area (Å²) in [5.74, 6) is -0.973. The minimum Gasteiger partial charge on any atom is -0.480 e. The van der Waals surface area contributed by atoms with Crippen molar-refractivity contribution in [3.05, 3.63) is 0 Å². The topological polar surface area (TPSA) is 69.6 Å². The lowest BCUT2D eigenvalue weighted by Crippen LogP contribution is -2.53. The molecule has 1 unspecified atom stereocenters. The van der Waals surface area contributed by atoms with Crippen LogP contribution in [0, 0.1) is 5.41 Å². The minimum absolute atomic E-state index is 0.232. The molecule has 0 aromatic heterocycles. The molecule has 0 saturated carbocycles. The third kappa shape index (κ3) is 3.19. The molecular formula is C8H17NO3. The van der Waals surface area contributed by atoms with Gasteiger partial charge in [-0.3, -0.25) is 10.1 Å². The summed E-state index contributed by atoms with van der Waals surface area (Å²) in [5.41, 5.74) is -1.55. The fraction of sp³-hybridized carbons (Fsp3) is 0.875. The van der Waals surface area contributed by atoms with Gasteiger partial charge in [-0.15, -0.1) is 0 Å². The monoisotopic (exact) mass is 175 g/mol. The van der Waals surface area contributed by atoms with E-state index in [-0.39, 0.29) is 12.0 Å². The number of aliphatic hydroxyl groups is 1. The number of carboxylic acid groups (broad SMARTS) is 1. The Hall–Kier alpha value is -0.610. The highest BCUT2D eigenvalue weighted by atomic mass is 16.4. The SMILES string of the molecule is CC(C)(C)C(C)(O)NCC(=O)O. The Morgan fingerprint density at radius 3 is 2.00 bits per heavy atom. The van der Waals surface area contributed by atoms with Crippen molar-refractivity contribution >= 4 is 5.97 Å². The van der Waals surface area contributed by atoms with Gasteiger partial charge in [0.05, 0.1) is 6.54 Å². The number of carboxylic acids is 1. The largest absolute Gasteiger partial charge is 0.480 e. The Balaban J connectivity index is 4.14. The Kier molecular flexibility index (Phi) is 3.24. The van der Waals surface area contributed by atoms with Crippen LogP contribution in [0.2, 0.25) is 0 Å². The first kappa shape index (κ1) is 11.4. The van der Waals surface area contributed by atoms with Crippen LogP contribution < -0.4 is 5.32 Å². The van der Waals surface area contributed by atoms with E-state index >= 15 is 0 Å². The molecule has 1 atom stereocenters. The van der Waals surface area contributed by atoms with Crippen molar-refractivity contribution in [2.75, 3.05) is 6.54 Å². The molecule has 0 spiro atoms. The molecule has 72 valence electrons. The molecule has 4 nitrogen and oxygen atoms in total. The van der Waals surface area contributed by atoms with E-state index in [1.165, 1.54) is 0 Å². The summed E-state index contributed by atoms with van der Waals surface area (Å²) < 4.78 is 0. The number of hydrogen-bond donors (Lipinski definition) is 3. The van der Waals surface area contributed by atoms with E-state index in [0.717, 1.165) is 0 Å². The first-order chi connectivity index (χ1) is 5.17. The van der Waals surface area contributed by atoms with Crippen molar-refractivity contribution in [3.8, 4) is 0 Å². The molecule has 0 aromatic rings. The molecular weight excluding hydrogens is 158 g/mol. The lowest BCUT2D eigenvalue weighted by atomic mass is 9.84. The molecule has 0 aliphatic carbocycles. The summed E-state index contributed by atoms with van der Waals surface area (Å²) in [6, 6.07) is 0. The lowest BCUT2D eigenvalue weighted by Gasteiger charge is -2.37. The maximum Gasteiger partial charge on any atom is 0.317 e. The van der Waals surface area contributed by atoms with Crippen LogP contribution >= 0.6 is 0 Å². The number of hydrogen-bond acceptors (Lipinski definition) is 3. The highest BCUT2D eigenvalue weighted by molar-refractivity contribution is 5.69. The molecule has 0 aromatic carbocycles. The molecule has 12 heavy (non-hydrogen) atoms. The maximum absolute atomic E-state index is 10.2. The van der Waals surface area contributed by atoms with Gasteiger partial charge < -0.3 is 10.2 Å². The van der Waals surface area contributed by atoms with Gasteiger partial charge in [0.25, 0.3) is 0 Å². The van der Waals surface area contributed by atoms with Gasteiger partial charge in [-0.25, -0.2) is 0 Å². The quantitative estimate of drug-likeness (QED) is 0.543. The number of nitrogens with one attached hydrogen (secondary N) is 1. The van der Waals surface area contributed by atoms with Crippen molar-refractivity contribution in [2.24, 2.45) is 5.41 Å². The summed E-state index contributed by atoms with van der Waals surface area (Å²) >= 11 is 0. The van der Waals surface area contributed by atoms with E-state index in [1.54, 1.807) is 6.92 Å². The van der Waals surface area contributed by atoms with E-state index in [4.69, 9.17) is 5.11 Å². The minimum atomic E-state index is -1.16. The van der Waals surface area contributed by atoms with Gasteiger partial charge >= 0.3 is 5.97 Å². The van der Waals surface area contributed by atoms with Crippen LogP contribution in [0.25, 0.3) is 0 Å². The van der Waals surface area contributed by atoms with Crippen LogP contribution in [0.15, 0.2) is 0 Å². The van der Waals surface area contributed by atoms with Gasteiger partial charge in [-0.2, -0.15) is 0 Å². The highest BCUT2D eigenvalue weighted by Crippen LogP contribution is 2.26. The van der Waals surface area contributed by atoms with Crippen LogP contribution in [0.5, 0.6) is 0 Å². The van der Waals surface area contributed by atoms with Gasteiger partial charge in [0, 0.05) is 5.41 Å². The Morgan fingerprint density at radius 2 is 1.75 bits per heavy atom. The van der Waals surface area contributed by atoms with E-state index in [2.05, 4.69) is 5.32 Å². The van der Waals surface area contributed by atoms with Gasteiger partial charge in [0.2, 0.25) is 0 Å². The molecule has 0 amide bonds. The summed E-state index contributed by atoms with van der Waals surface area (Å²) in [6.45, 7) is 6.84. The van der Waals surface area contributed by atoms with Gasteiger partial charge in [0.15, 0.2) is 0 Å². The van der Waals surface area contributed by atoms with Gasteiger partial charge in [-0.05, 0) is 6.92 Å². The Labute approximate surface area is 72.6 Å². The van der Waals surface area contributed by atoms with Gasteiger partial charge in [0.1, 0.15) is 5.72 Å². The smallest absolute Gasteiger partial charge is 0.317 e. The number of aliphatic carboxylic acids is 1. The zero-order valence-corrected chi connectivity index (χ0v) is 8.01. The van der Waals surface area contributed by atoms with Crippen molar-refractivity contribution in [2.45, 2.75) is 33.4 Å². The maximum atomic E-state index is 10.2. The fourth-order valence-corrected chi connectivity index (χ4v) is 0.513. The molecule has 0 aliphatic heterocycles. The van der Waals surface area contributed by atoms with Crippen molar-refractivity contribution in [1.82, 2.24) is 5.32 Å². The second-order valence-corrected chi connectivity index (χ2v) is 4.07. The van der Waals surface area contributed by atoms with Gasteiger partial charge in [-0.1, -0.05) is 20.8 Å². The van der Waals surface area contributed by atoms with Crippen LogP contribution in [-0.2, 0) is 4.79 Å². The zero-order chi connectivity index (χ0) is 9.99. The molecule has 0 saturated heterocycles. The van der Waals surface area contributed by atoms with E-state index in [0.29, 0.717) is 0 Å². The van der Waals surface area contributed by atoms with Crippen LogP contribution in [0.4, 0.5) is 0 Å². The fourth-order valence-electron chi connectivity index (χ4n) is 0.513. The summed E-state index contributed by atoms with van der Waals surface area (Å²) in [5, 5.41) is 20.6. The second-order valence-electron chi connectivity index (χ2n) is 4.07. The lowest BCUT2D eigenvalue weighted by molar-refractivity contribution is -0.139. The van der Waals surface area contributed by atoms with Crippen LogP contribution in [0.3, 0.4) is 0 Å². The van der Waals surface area contributed by atoms with E-state index in [1.807, 2.05) is 20.8 Å². The number of rotatable bonds is 3. The highest BCUT2D eigenvalue weighted by Gasteiger charge is 2.34. The number of carbonyl (C=O) groups is 1. The Morgan fingerprint density at radius 1 is 1.33 bits per heavy atom. The van der Waals surface area contributed by atoms with Crippen molar-refractivity contribution < 1.29 is 15.0 Å². The molecule has 0 bridgehead atoms. The normalized spacial score (nSPS) is 17.1. The molecule has 0 aliphatic rings. The molecule has 3 N–H and O–H groups in total. The summed E-state index contributed by atoms with van der Waals surface area (Å²) in [6.07, 6.45) is 0. The molecule has 0 rings (SSSR count).